The smallest absolute Gasteiger partial charge is 0.320 e. The van der Waals surface area contributed by atoms with Crippen LogP contribution in [0.25, 0.3) is 0 Å². The summed E-state index contributed by atoms with van der Waals surface area (Å²) in [4.78, 5) is 50.4. The van der Waals surface area contributed by atoms with Crippen molar-refractivity contribution in [2.45, 2.75) is 58.7 Å². The molecule has 1 atom stereocenters. The minimum Gasteiger partial charge on any atom is -0.334 e. The highest BCUT2D eigenvalue weighted by molar-refractivity contribution is 7.14. The fourth-order valence-electron chi connectivity index (χ4n) is 4.31. The largest absolute Gasteiger partial charge is 0.334 e. The Kier molecular flexibility index (Phi) is 6.01. The van der Waals surface area contributed by atoms with E-state index >= 15 is 0 Å². The lowest BCUT2D eigenvalue weighted by molar-refractivity contribution is -0.136. The summed E-state index contributed by atoms with van der Waals surface area (Å²) < 4.78 is 0. The minimum absolute atomic E-state index is 0.225. The molecule has 0 saturated carbocycles. The quantitative estimate of drug-likeness (QED) is 0.603. The first-order valence-electron chi connectivity index (χ1n) is 10.6. The molecular weight excluding hydrogens is 428 g/mol. The van der Waals surface area contributed by atoms with Gasteiger partial charge in [0.15, 0.2) is 0 Å². The second kappa shape index (κ2) is 8.74. The van der Waals surface area contributed by atoms with E-state index in [-0.39, 0.29) is 30.8 Å². The van der Waals surface area contributed by atoms with Crippen LogP contribution in [0.2, 0.25) is 0 Å². The second-order valence-corrected chi connectivity index (χ2v) is 9.39. The molecule has 2 aliphatic heterocycles. The summed E-state index contributed by atoms with van der Waals surface area (Å²) in [7, 11) is 0. The van der Waals surface area contributed by atoms with E-state index in [9.17, 15) is 19.2 Å². The Morgan fingerprint density at radius 1 is 1.28 bits per heavy atom. The van der Waals surface area contributed by atoms with Gasteiger partial charge in [0.1, 0.15) is 11.0 Å². The topological polar surface area (TPSA) is 108 Å². The maximum absolute atomic E-state index is 12.9. The Hall–Kier alpha value is -3.20. The van der Waals surface area contributed by atoms with Crippen LogP contribution in [-0.4, -0.2) is 34.7 Å². The van der Waals surface area contributed by atoms with Crippen LogP contribution in [0.15, 0.2) is 23.6 Å². The summed E-state index contributed by atoms with van der Waals surface area (Å²) >= 11 is 1.51. The molecule has 1 saturated heterocycles. The van der Waals surface area contributed by atoms with Crippen LogP contribution in [-0.2, 0) is 22.7 Å². The number of amides is 5. The van der Waals surface area contributed by atoms with Gasteiger partial charge in [-0.25, -0.2) is 4.79 Å². The van der Waals surface area contributed by atoms with Crippen molar-refractivity contribution in [1.82, 2.24) is 15.5 Å². The molecule has 4 rings (SSSR count). The number of imide groups is 1. The van der Waals surface area contributed by atoms with Crippen LogP contribution in [0, 0.1) is 6.92 Å². The molecule has 32 heavy (non-hydrogen) atoms. The highest BCUT2D eigenvalue weighted by Crippen LogP contribution is 2.33. The second-order valence-electron chi connectivity index (χ2n) is 8.52. The van der Waals surface area contributed by atoms with Crippen LogP contribution in [0.5, 0.6) is 0 Å². The predicted octanol–water partition coefficient (Wildman–Crippen LogP) is 3.26. The number of urea groups is 1. The van der Waals surface area contributed by atoms with Crippen LogP contribution in [0.3, 0.4) is 0 Å². The third kappa shape index (κ3) is 4.25. The third-order valence-corrected chi connectivity index (χ3v) is 6.90. The molecule has 5 amide bonds. The first kappa shape index (κ1) is 22.0. The SMILES string of the molecule is Cc1csc(NC(=O)NCc2ccc3c(c2)C(=O)N(C2CCC(=O)NC2=O)C3)c1C(C)C. The molecule has 0 aliphatic carbocycles. The number of thiophene rings is 1. The molecule has 168 valence electrons. The number of piperidine rings is 1. The van der Waals surface area contributed by atoms with Gasteiger partial charge in [-0.2, -0.15) is 0 Å². The summed E-state index contributed by atoms with van der Waals surface area (Å²) in [6, 6.07) is 4.55. The zero-order chi connectivity index (χ0) is 23.0. The number of hydrogen-bond acceptors (Lipinski definition) is 5. The Labute approximate surface area is 190 Å². The van der Waals surface area contributed by atoms with Gasteiger partial charge in [0, 0.05) is 25.1 Å². The van der Waals surface area contributed by atoms with Gasteiger partial charge in [-0.15, -0.1) is 11.3 Å². The fraction of sp³-hybridized carbons (Fsp3) is 0.391. The van der Waals surface area contributed by atoms with E-state index in [1.54, 1.807) is 6.07 Å². The Morgan fingerprint density at radius 3 is 2.78 bits per heavy atom. The molecule has 1 fully saturated rings. The van der Waals surface area contributed by atoms with Crippen molar-refractivity contribution in [2.75, 3.05) is 5.32 Å². The monoisotopic (exact) mass is 454 g/mol. The average molecular weight is 455 g/mol. The molecule has 8 nitrogen and oxygen atoms in total. The van der Waals surface area contributed by atoms with Crippen LogP contribution < -0.4 is 16.0 Å². The molecule has 3 heterocycles. The van der Waals surface area contributed by atoms with Crippen molar-refractivity contribution in [3.8, 4) is 0 Å². The first-order valence-corrected chi connectivity index (χ1v) is 11.5. The van der Waals surface area contributed by atoms with Crippen molar-refractivity contribution in [3.63, 3.8) is 0 Å². The molecule has 9 heteroatoms. The number of carbonyl (C=O) groups is 4. The van der Waals surface area contributed by atoms with Crippen molar-refractivity contribution in [1.29, 1.82) is 0 Å². The van der Waals surface area contributed by atoms with Crippen LogP contribution in [0.1, 0.15) is 65.2 Å². The number of aryl methyl sites for hydroxylation is 1. The summed E-state index contributed by atoms with van der Waals surface area (Å²) in [5.74, 6) is -0.645. The summed E-state index contributed by atoms with van der Waals surface area (Å²) in [5, 5.41) is 11.0. The number of fused-ring (bicyclic) bond motifs is 1. The number of nitrogens with zero attached hydrogens (tertiary/aromatic N) is 1. The van der Waals surface area contributed by atoms with Gasteiger partial charge in [0.05, 0.1) is 0 Å². The van der Waals surface area contributed by atoms with Gasteiger partial charge >= 0.3 is 6.03 Å². The number of nitrogens with one attached hydrogen (secondary N) is 3. The Balaban J connectivity index is 1.39. The van der Waals surface area contributed by atoms with Crippen molar-refractivity contribution >= 4 is 40.1 Å². The van der Waals surface area contributed by atoms with Gasteiger partial charge in [-0.1, -0.05) is 26.0 Å². The highest BCUT2D eigenvalue weighted by Gasteiger charge is 2.39. The van der Waals surface area contributed by atoms with Gasteiger partial charge in [-0.05, 0) is 53.0 Å². The average Bonchev–Trinajstić information content (AvgIpc) is 3.26. The summed E-state index contributed by atoms with van der Waals surface area (Å²) in [5.41, 5.74) is 4.47. The third-order valence-electron chi connectivity index (χ3n) is 5.87. The number of hydrogen-bond donors (Lipinski definition) is 3. The molecule has 0 bridgehead atoms. The van der Waals surface area contributed by atoms with Crippen molar-refractivity contribution in [3.05, 3.63) is 51.4 Å². The van der Waals surface area contributed by atoms with Gasteiger partial charge < -0.3 is 10.2 Å². The van der Waals surface area contributed by atoms with Gasteiger partial charge in [-0.3, -0.25) is 25.0 Å². The highest BCUT2D eigenvalue weighted by atomic mass is 32.1. The van der Waals surface area contributed by atoms with E-state index < -0.39 is 11.9 Å². The van der Waals surface area contributed by atoms with E-state index in [0.717, 1.165) is 27.3 Å². The van der Waals surface area contributed by atoms with E-state index in [0.29, 0.717) is 24.4 Å². The molecule has 0 spiro atoms. The normalized spacial score (nSPS) is 18.1. The zero-order valence-electron chi connectivity index (χ0n) is 18.3. The number of benzene rings is 1. The van der Waals surface area contributed by atoms with Crippen molar-refractivity contribution < 1.29 is 19.2 Å². The molecule has 1 aromatic heterocycles. The van der Waals surface area contributed by atoms with Gasteiger partial charge in [0.2, 0.25) is 11.8 Å². The molecule has 3 N–H and O–H groups in total. The zero-order valence-corrected chi connectivity index (χ0v) is 19.1. The molecule has 1 aromatic carbocycles. The lowest BCUT2D eigenvalue weighted by Gasteiger charge is -2.29. The van der Waals surface area contributed by atoms with E-state index in [1.165, 1.54) is 16.2 Å². The molecule has 0 radical (unpaired) electrons. The molecule has 2 aliphatic rings. The molecule has 1 unspecified atom stereocenters. The lowest BCUT2D eigenvalue weighted by Crippen LogP contribution is -2.52. The van der Waals surface area contributed by atoms with Crippen LogP contribution in [0.4, 0.5) is 9.80 Å². The summed E-state index contributed by atoms with van der Waals surface area (Å²) in [6.45, 7) is 6.83. The number of rotatable bonds is 5. The predicted molar refractivity (Wildman–Crippen MR) is 121 cm³/mol. The van der Waals surface area contributed by atoms with E-state index in [1.807, 2.05) is 24.4 Å². The van der Waals surface area contributed by atoms with E-state index in [2.05, 4.69) is 29.8 Å². The first-order chi connectivity index (χ1) is 15.2. The standard InChI is InChI=1S/C23H26N4O4S/c1-12(2)19-13(3)11-32-21(19)26-23(31)24-9-14-4-5-15-10-27(22(30)16(15)8-14)17-6-7-18(28)25-20(17)29/h4-5,8,11-12,17H,6-7,9-10H2,1-3H3,(H2,24,26,31)(H,25,28,29). The fourth-order valence-corrected chi connectivity index (χ4v) is 5.41. The number of anilines is 1. The number of carbonyl (C=O) groups excluding carboxylic acids is 4. The maximum Gasteiger partial charge on any atom is 0.320 e. The summed E-state index contributed by atoms with van der Waals surface area (Å²) in [6.07, 6.45) is 0.558. The van der Waals surface area contributed by atoms with Gasteiger partial charge in [0.25, 0.3) is 5.91 Å². The minimum atomic E-state index is -0.635. The maximum atomic E-state index is 12.9. The molecule has 2 aromatic rings. The Bertz CT molecular complexity index is 1110. The lowest BCUT2D eigenvalue weighted by atomic mass is 10.0. The Morgan fingerprint density at radius 2 is 2.06 bits per heavy atom. The van der Waals surface area contributed by atoms with E-state index in [4.69, 9.17) is 0 Å². The molecular formula is C23H26N4O4S. The van der Waals surface area contributed by atoms with Crippen molar-refractivity contribution in [2.24, 2.45) is 0 Å². The van der Waals surface area contributed by atoms with Crippen LogP contribution >= 0.6 is 11.3 Å².